The van der Waals surface area contributed by atoms with Crippen molar-refractivity contribution in [2.24, 2.45) is 23.1 Å². The van der Waals surface area contributed by atoms with Crippen molar-refractivity contribution in [2.75, 3.05) is 13.1 Å². The van der Waals surface area contributed by atoms with Gasteiger partial charge in [-0.1, -0.05) is 0 Å². The SMILES string of the molecule is NCC[C@@H](C=O)NC(=O)C1(N)C[C@@H]1CN. The van der Waals surface area contributed by atoms with Crippen LogP contribution in [0, 0.1) is 5.92 Å². The minimum Gasteiger partial charge on any atom is -0.345 e. The summed E-state index contributed by atoms with van der Waals surface area (Å²) in [6.07, 6.45) is 1.69. The van der Waals surface area contributed by atoms with E-state index in [1.165, 1.54) is 0 Å². The molecule has 15 heavy (non-hydrogen) atoms. The van der Waals surface area contributed by atoms with Crippen LogP contribution in [0.2, 0.25) is 0 Å². The Hall–Kier alpha value is -0.980. The molecule has 0 radical (unpaired) electrons. The number of hydrogen-bond donors (Lipinski definition) is 4. The van der Waals surface area contributed by atoms with Gasteiger partial charge in [0.25, 0.3) is 0 Å². The molecule has 0 aliphatic heterocycles. The fourth-order valence-corrected chi connectivity index (χ4v) is 1.58. The van der Waals surface area contributed by atoms with E-state index in [0.717, 1.165) is 0 Å². The van der Waals surface area contributed by atoms with Gasteiger partial charge in [-0.2, -0.15) is 0 Å². The normalized spacial score (nSPS) is 30.7. The van der Waals surface area contributed by atoms with Gasteiger partial charge in [-0.05, 0) is 25.9 Å². The molecule has 1 amide bonds. The van der Waals surface area contributed by atoms with Crippen molar-refractivity contribution in [3.8, 4) is 0 Å². The van der Waals surface area contributed by atoms with Gasteiger partial charge in [0.1, 0.15) is 6.29 Å². The summed E-state index contributed by atoms with van der Waals surface area (Å²) in [7, 11) is 0. The van der Waals surface area contributed by atoms with Gasteiger partial charge in [0.05, 0.1) is 11.6 Å². The molecule has 1 fully saturated rings. The van der Waals surface area contributed by atoms with Crippen LogP contribution >= 0.6 is 0 Å². The van der Waals surface area contributed by atoms with Crippen molar-refractivity contribution in [1.29, 1.82) is 0 Å². The zero-order valence-electron chi connectivity index (χ0n) is 8.61. The van der Waals surface area contributed by atoms with Crippen molar-refractivity contribution in [3.05, 3.63) is 0 Å². The van der Waals surface area contributed by atoms with E-state index in [-0.39, 0.29) is 11.8 Å². The molecule has 3 atom stereocenters. The predicted octanol–water partition coefficient (Wildman–Crippen LogP) is -2.30. The summed E-state index contributed by atoms with van der Waals surface area (Å²) in [4.78, 5) is 22.2. The van der Waals surface area contributed by atoms with E-state index < -0.39 is 11.6 Å². The summed E-state index contributed by atoms with van der Waals surface area (Å²) in [6.45, 7) is 0.744. The van der Waals surface area contributed by atoms with E-state index in [9.17, 15) is 9.59 Å². The molecule has 7 N–H and O–H groups in total. The van der Waals surface area contributed by atoms with Gasteiger partial charge in [0, 0.05) is 5.92 Å². The number of rotatable bonds is 6. The quantitative estimate of drug-likeness (QED) is 0.370. The van der Waals surface area contributed by atoms with Crippen LogP contribution in [-0.2, 0) is 9.59 Å². The van der Waals surface area contributed by atoms with Crippen LogP contribution in [0.25, 0.3) is 0 Å². The molecule has 0 saturated heterocycles. The first-order chi connectivity index (χ1) is 7.08. The van der Waals surface area contributed by atoms with Gasteiger partial charge in [0.2, 0.25) is 5.91 Å². The summed E-state index contributed by atoms with van der Waals surface area (Å²) in [5.41, 5.74) is 15.7. The monoisotopic (exact) mass is 214 g/mol. The molecule has 1 aliphatic rings. The van der Waals surface area contributed by atoms with Crippen LogP contribution < -0.4 is 22.5 Å². The van der Waals surface area contributed by atoms with Crippen LogP contribution in [0.4, 0.5) is 0 Å². The highest BCUT2D eigenvalue weighted by molar-refractivity contribution is 5.91. The topological polar surface area (TPSA) is 124 Å². The van der Waals surface area contributed by atoms with Crippen molar-refractivity contribution in [2.45, 2.75) is 24.4 Å². The maximum absolute atomic E-state index is 11.6. The van der Waals surface area contributed by atoms with Crippen LogP contribution in [0.5, 0.6) is 0 Å². The fraction of sp³-hybridized carbons (Fsp3) is 0.778. The van der Waals surface area contributed by atoms with E-state index in [1.54, 1.807) is 0 Å². The van der Waals surface area contributed by atoms with Crippen LogP contribution in [0.15, 0.2) is 0 Å². The predicted molar refractivity (Wildman–Crippen MR) is 55.7 cm³/mol. The maximum Gasteiger partial charge on any atom is 0.241 e. The number of carbonyl (C=O) groups excluding carboxylic acids is 2. The molecular weight excluding hydrogens is 196 g/mol. The van der Waals surface area contributed by atoms with Crippen LogP contribution in [0.3, 0.4) is 0 Å². The van der Waals surface area contributed by atoms with Crippen LogP contribution in [0.1, 0.15) is 12.8 Å². The average molecular weight is 214 g/mol. The first-order valence-corrected chi connectivity index (χ1v) is 5.03. The summed E-state index contributed by atoms with van der Waals surface area (Å²) in [5, 5.41) is 2.57. The number of nitrogens with two attached hydrogens (primary N) is 3. The summed E-state index contributed by atoms with van der Waals surface area (Å²) in [5.74, 6) is -0.272. The van der Waals surface area contributed by atoms with Crippen LogP contribution in [-0.4, -0.2) is 36.9 Å². The van der Waals surface area contributed by atoms with Gasteiger partial charge in [-0.15, -0.1) is 0 Å². The number of carbonyl (C=O) groups is 2. The van der Waals surface area contributed by atoms with Crippen molar-refractivity contribution >= 4 is 12.2 Å². The molecule has 0 spiro atoms. The maximum atomic E-state index is 11.6. The molecule has 1 unspecified atom stereocenters. The molecule has 0 aromatic heterocycles. The molecule has 1 rings (SSSR count). The number of nitrogens with one attached hydrogen (secondary N) is 1. The summed E-state index contributed by atoms with van der Waals surface area (Å²) in [6, 6.07) is -0.540. The second-order valence-corrected chi connectivity index (χ2v) is 3.97. The molecular formula is C9H18N4O2. The van der Waals surface area contributed by atoms with Gasteiger partial charge in [0.15, 0.2) is 0 Å². The lowest BCUT2D eigenvalue weighted by Crippen LogP contribution is -2.50. The Morgan fingerprint density at radius 3 is 2.67 bits per heavy atom. The molecule has 0 heterocycles. The third kappa shape index (κ3) is 2.53. The van der Waals surface area contributed by atoms with Crippen molar-refractivity contribution in [1.82, 2.24) is 5.32 Å². The Bertz CT molecular complexity index is 258. The third-order valence-electron chi connectivity index (χ3n) is 2.82. The Kier molecular flexibility index (Phi) is 3.78. The largest absolute Gasteiger partial charge is 0.345 e. The average Bonchev–Trinajstić information content (AvgIpc) is 2.90. The molecule has 1 saturated carbocycles. The Balaban J connectivity index is 2.45. The van der Waals surface area contributed by atoms with Gasteiger partial charge >= 0.3 is 0 Å². The Morgan fingerprint density at radius 1 is 1.60 bits per heavy atom. The lowest BCUT2D eigenvalue weighted by atomic mass is 10.1. The third-order valence-corrected chi connectivity index (χ3v) is 2.82. The minimum absolute atomic E-state index is 0.0303. The lowest BCUT2D eigenvalue weighted by Gasteiger charge is -2.16. The standard InChI is InChI=1S/C9H18N4O2/c10-2-1-7(5-14)13-8(15)9(12)3-6(9)4-11/h5-7H,1-4,10-12H2,(H,13,15)/t6-,7+,9?/m1/s1. The Morgan fingerprint density at radius 2 is 2.27 bits per heavy atom. The van der Waals surface area contributed by atoms with E-state index >= 15 is 0 Å². The summed E-state index contributed by atoms with van der Waals surface area (Å²) >= 11 is 0. The minimum atomic E-state index is -0.870. The second kappa shape index (κ2) is 4.69. The lowest BCUT2D eigenvalue weighted by molar-refractivity contribution is -0.126. The summed E-state index contributed by atoms with van der Waals surface area (Å²) < 4.78 is 0. The molecule has 0 aromatic rings. The fourth-order valence-electron chi connectivity index (χ4n) is 1.58. The highest BCUT2D eigenvalue weighted by atomic mass is 16.2. The van der Waals surface area contributed by atoms with Gasteiger partial charge in [-0.3, -0.25) is 4.79 Å². The number of hydrogen-bond acceptors (Lipinski definition) is 5. The molecule has 86 valence electrons. The van der Waals surface area contributed by atoms with E-state index in [2.05, 4.69) is 5.32 Å². The number of aldehydes is 1. The highest BCUT2D eigenvalue weighted by Gasteiger charge is 2.56. The van der Waals surface area contributed by atoms with Crippen molar-refractivity contribution < 1.29 is 9.59 Å². The van der Waals surface area contributed by atoms with Gasteiger partial charge in [-0.25, -0.2) is 0 Å². The van der Waals surface area contributed by atoms with Gasteiger partial charge < -0.3 is 27.3 Å². The van der Waals surface area contributed by atoms with E-state index in [4.69, 9.17) is 17.2 Å². The second-order valence-electron chi connectivity index (χ2n) is 3.97. The molecule has 6 heteroatoms. The first-order valence-electron chi connectivity index (χ1n) is 5.03. The number of amides is 1. The molecule has 1 aliphatic carbocycles. The Labute approximate surface area is 88.5 Å². The zero-order chi connectivity index (χ0) is 11.5. The zero-order valence-corrected chi connectivity index (χ0v) is 8.61. The highest BCUT2D eigenvalue weighted by Crippen LogP contribution is 2.40. The van der Waals surface area contributed by atoms with Crippen molar-refractivity contribution in [3.63, 3.8) is 0 Å². The molecule has 0 aromatic carbocycles. The first kappa shape index (κ1) is 12.1. The smallest absolute Gasteiger partial charge is 0.241 e. The van der Waals surface area contributed by atoms with E-state index in [0.29, 0.717) is 32.2 Å². The molecule has 6 nitrogen and oxygen atoms in total. The van der Waals surface area contributed by atoms with E-state index in [1.807, 2.05) is 0 Å². The molecule has 0 bridgehead atoms.